The summed E-state index contributed by atoms with van der Waals surface area (Å²) < 4.78 is 52.6. The van der Waals surface area contributed by atoms with E-state index < -0.39 is 33.9 Å². The topological polar surface area (TPSA) is 151 Å². The molecule has 11 nitrogen and oxygen atoms in total. The second-order valence-electron chi connectivity index (χ2n) is 8.42. The summed E-state index contributed by atoms with van der Waals surface area (Å²) in [5.74, 6) is 0.00661. The van der Waals surface area contributed by atoms with E-state index in [4.69, 9.17) is 9.47 Å². The predicted molar refractivity (Wildman–Crippen MR) is 117 cm³/mol. The molecular formula is C21H25FN6O5S. The standard InChI is InChI=1S/C21H25FN6O5S/c1-21(29)13-32-9-6-17(21)33-19-14(10-23)11-25-20(27-19)26-16-5-8-28(12-15(16)22)34(30,31)18-4-2-3-7-24-18/h2-4,7,11,15-17,29H,5-6,8-9,12-13H2,1H3,(H,25,26,27)/t15-,16-,17+,21-/m1/s1. The van der Waals surface area contributed by atoms with Gasteiger partial charge < -0.3 is 19.9 Å². The molecule has 0 spiro atoms. The number of pyridine rings is 1. The smallest absolute Gasteiger partial charge is 0.260 e. The molecule has 2 aromatic rings. The Hall–Kier alpha value is -2.92. The molecule has 0 amide bonds. The minimum Gasteiger partial charge on any atom is -0.470 e. The van der Waals surface area contributed by atoms with Crippen molar-refractivity contribution in [1.29, 1.82) is 5.26 Å². The van der Waals surface area contributed by atoms with Gasteiger partial charge in [0.15, 0.2) is 5.03 Å². The summed E-state index contributed by atoms with van der Waals surface area (Å²) >= 11 is 0. The third-order valence-corrected chi connectivity index (χ3v) is 7.58. The molecule has 4 atom stereocenters. The Morgan fingerprint density at radius 2 is 2.21 bits per heavy atom. The molecule has 0 radical (unpaired) electrons. The molecule has 2 saturated heterocycles. The van der Waals surface area contributed by atoms with E-state index in [1.54, 1.807) is 19.1 Å². The van der Waals surface area contributed by atoms with Gasteiger partial charge in [-0.25, -0.2) is 22.8 Å². The molecule has 0 aliphatic carbocycles. The highest BCUT2D eigenvalue weighted by atomic mass is 32.2. The van der Waals surface area contributed by atoms with Crippen LogP contribution >= 0.6 is 0 Å². The molecule has 182 valence electrons. The number of aromatic nitrogens is 3. The van der Waals surface area contributed by atoms with Crippen LogP contribution in [-0.2, 0) is 14.8 Å². The van der Waals surface area contributed by atoms with Gasteiger partial charge in [0.1, 0.15) is 29.5 Å². The van der Waals surface area contributed by atoms with Gasteiger partial charge >= 0.3 is 0 Å². The summed E-state index contributed by atoms with van der Waals surface area (Å²) in [5.41, 5.74) is -1.19. The first-order valence-electron chi connectivity index (χ1n) is 10.8. The van der Waals surface area contributed by atoms with E-state index in [1.807, 2.05) is 6.07 Å². The van der Waals surface area contributed by atoms with E-state index in [2.05, 4.69) is 20.3 Å². The zero-order chi connectivity index (χ0) is 24.3. The van der Waals surface area contributed by atoms with Gasteiger partial charge in [-0.05, 0) is 25.5 Å². The van der Waals surface area contributed by atoms with Crippen LogP contribution in [0.15, 0.2) is 35.6 Å². The molecule has 0 saturated carbocycles. The first kappa shape index (κ1) is 24.2. The van der Waals surface area contributed by atoms with Gasteiger partial charge in [-0.15, -0.1) is 0 Å². The van der Waals surface area contributed by atoms with Crippen LogP contribution in [0, 0.1) is 11.3 Å². The quantitative estimate of drug-likeness (QED) is 0.594. The van der Waals surface area contributed by atoms with Crippen molar-refractivity contribution in [2.45, 2.75) is 48.7 Å². The Bertz CT molecular complexity index is 1160. The van der Waals surface area contributed by atoms with Gasteiger partial charge in [0.05, 0.1) is 25.5 Å². The lowest BCUT2D eigenvalue weighted by atomic mass is 9.95. The number of rotatable bonds is 6. The molecule has 4 heterocycles. The maximum atomic E-state index is 15.0. The lowest BCUT2D eigenvalue weighted by molar-refractivity contribution is -0.139. The Morgan fingerprint density at radius 1 is 1.38 bits per heavy atom. The molecule has 0 bridgehead atoms. The monoisotopic (exact) mass is 492 g/mol. The van der Waals surface area contributed by atoms with Crippen molar-refractivity contribution in [2.75, 3.05) is 31.6 Å². The van der Waals surface area contributed by atoms with E-state index in [9.17, 15) is 23.2 Å². The summed E-state index contributed by atoms with van der Waals surface area (Å²) in [5, 5.41) is 22.6. The number of halogens is 1. The fraction of sp³-hybridized carbons (Fsp3) is 0.524. The van der Waals surface area contributed by atoms with E-state index in [0.717, 1.165) is 4.31 Å². The number of nitrogens with zero attached hydrogens (tertiary/aromatic N) is 5. The van der Waals surface area contributed by atoms with Crippen LogP contribution in [0.1, 0.15) is 25.3 Å². The van der Waals surface area contributed by atoms with E-state index in [-0.39, 0.29) is 48.5 Å². The number of nitriles is 1. The molecule has 34 heavy (non-hydrogen) atoms. The Kier molecular flexibility index (Phi) is 6.94. The number of aliphatic hydroxyl groups is 1. The highest BCUT2D eigenvalue weighted by Gasteiger charge is 2.39. The molecule has 2 aliphatic rings. The number of hydrogen-bond acceptors (Lipinski definition) is 10. The van der Waals surface area contributed by atoms with Crippen molar-refractivity contribution in [3.8, 4) is 11.9 Å². The lowest BCUT2D eigenvalue weighted by Gasteiger charge is -2.36. The molecule has 2 N–H and O–H groups in total. The van der Waals surface area contributed by atoms with E-state index in [0.29, 0.717) is 13.0 Å². The number of ether oxygens (including phenoxy) is 2. The van der Waals surface area contributed by atoms with Crippen LogP contribution in [0.5, 0.6) is 5.88 Å². The number of nitrogens with one attached hydrogen (secondary N) is 1. The number of anilines is 1. The van der Waals surface area contributed by atoms with E-state index >= 15 is 0 Å². The minimum absolute atomic E-state index is 0.0299. The van der Waals surface area contributed by atoms with Gasteiger partial charge in [-0.2, -0.15) is 14.6 Å². The summed E-state index contributed by atoms with van der Waals surface area (Å²) in [6, 6.07) is 5.73. The molecule has 2 aromatic heterocycles. The van der Waals surface area contributed by atoms with E-state index in [1.165, 1.54) is 18.5 Å². The maximum Gasteiger partial charge on any atom is 0.260 e. The number of sulfonamides is 1. The summed E-state index contributed by atoms with van der Waals surface area (Å²) in [7, 11) is -3.90. The zero-order valence-electron chi connectivity index (χ0n) is 18.5. The fourth-order valence-corrected chi connectivity index (χ4v) is 5.25. The molecule has 2 fully saturated rings. The molecule has 2 aliphatic heterocycles. The Labute approximate surface area is 196 Å². The second kappa shape index (κ2) is 9.75. The highest BCUT2D eigenvalue weighted by Crippen LogP contribution is 2.27. The van der Waals surface area contributed by atoms with Crippen LogP contribution < -0.4 is 10.1 Å². The normalized spacial score (nSPS) is 28.1. The number of piperidine rings is 1. The average Bonchev–Trinajstić information content (AvgIpc) is 2.82. The lowest BCUT2D eigenvalue weighted by Crippen LogP contribution is -2.51. The Balaban J connectivity index is 1.45. The van der Waals surface area contributed by atoms with Crippen LogP contribution in [0.3, 0.4) is 0 Å². The molecule has 0 aromatic carbocycles. The largest absolute Gasteiger partial charge is 0.470 e. The zero-order valence-corrected chi connectivity index (χ0v) is 19.3. The molecule has 0 unspecified atom stereocenters. The van der Waals surface area contributed by atoms with Crippen molar-refractivity contribution < 1.29 is 27.4 Å². The first-order valence-corrected chi connectivity index (χ1v) is 12.2. The number of hydrogen-bond donors (Lipinski definition) is 2. The van der Waals surface area contributed by atoms with Crippen molar-refractivity contribution in [3.63, 3.8) is 0 Å². The summed E-state index contributed by atoms with van der Waals surface area (Å²) in [4.78, 5) is 12.2. The highest BCUT2D eigenvalue weighted by molar-refractivity contribution is 7.89. The third-order valence-electron chi connectivity index (χ3n) is 5.80. The van der Waals surface area contributed by atoms with Gasteiger partial charge in [0.2, 0.25) is 11.8 Å². The van der Waals surface area contributed by atoms with Crippen LogP contribution in [0.4, 0.5) is 10.3 Å². The molecular weight excluding hydrogens is 467 g/mol. The van der Waals surface area contributed by atoms with Gasteiger partial charge in [0.25, 0.3) is 10.0 Å². The molecule has 4 rings (SSSR count). The van der Waals surface area contributed by atoms with Crippen molar-refractivity contribution in [1.82, 2.24) is 19.3 Å². The first-order chi connectivity index (χ1) is 16.2. The maximum absolute atomic E-state index is 15.0. The van der Waals surface area contributed by atoms with Crippen molar-refractivity contribution in [3.05, 3.63) is 36.2 Å². The SMILES string of the molecule is C[C@@]1(O)COCC[C@@H]1Oc1nc(N[C@@H]2CCN(S(=O)(=O)c3ccccn3)C[C@H]2F)ncc1C#N. The number of alkyl halides is 1. The minimum atomic E-state index is -3.90. The summed E-state index contributed by atoms with van der Waals surface area (Å²) in [6.07, 6.45) is 1.02. The second-order valence-corrected chi connectivity index (χ2v) is 10.3. The van der Waals surface area contributed by atoms with Crippen LogP contribution in [-0.4, -0.2) is 83.0 Å². The van der Waals surface area contributed by atoms with Crippen LogP contribution in [0.2, 0.25) is 0 Å². The van der Waals surface area contributed by atoms with Gasteiger partial charge in [0, 0.05) is 25.7 Å². The van der Waals surface area contributed by atoms with Crippen molar-refractivity contribution >= 4 is 16.0 Å². The van der Waals surface area contributed by atoms with Gasteiger partial charge in [-0.1, -0.05) is 6.07 Å². The third kappa shape index (κ3) is 5.10. The summed E-state index contributed by atoms with van der Waals surface area (Å²) in [6.45, 7) is 1.79. The average molecular weight is 493 g/mol. The van der Waals surface area contributed by atoms with Gasteiger partial charge in [-0.3, -0.25) is 0 Å². The van der Waals surface area contributed by atoms with Crippen molar-refractivity contribution in [2.24, 2.45) is 0 Å². The molecule has 13 heteroatoms. The Morgan fingerprint density at radius 3 is 2.88 bits per heavy atom. The van der Waals surface area contributed by atoms with Crippen LogP contribution in [0.25, 0.3) is 0 Å². The fourth-order valence-electron chi connectivity index (χ4n) is 3.85. The predicted octanol–water partition coefficient (Wildman–Crippen LogP) is 0.875.